The normalized spacial score (nSPS) is 13.7. The van der Waals surface area contributed by atoms with Crippen LogP contribution in [0.4, 0.5) is 0 Å². The van der Waals surface area contributed by atoms with Crippen LogP contribution in [0.2, 0.25) is 0 Å². The van der Waals surface area contributed by atoms with E-state index < -0.39 is 0 Å². The molecule has 0 aromatic carbocycles. The van der Waals surface area contributed by atoms with Crippen LogP contribution < -0.4 is 21.3 Å². The molecule has 0 saturated heterocycles. The Morgan fingerprint density at radius 1 is 0.800 bits per heavy atom. The van der Waals surface area contributed by atoms with E-state index in [9.17, 15) is 0 Å². The fourth-order valence-electron chi connectivity index (χ4n) is 2.92. The van der Waals surface area contributed by atoms with E-state index in [-0.39, 0.29) is 5.79 Å². The summed E-state index contributed by atoms with van der Waals surface area (Å²) in [7, 11) is 4.08. The molecule has 0 spiro atoms. The summed E-state index contributed by atoms with van der Waals surface area (Å²) >= 11 is 0. The zero-order valence-corrected chi connectivity index (χ0v) is 14.4. The zero-order valence-electron chi connectivity index (χ0n) is 14.4. The second-order valence-electron chi connectivity index (χ2n) is 5.52. The molecule has 1 unspecified atom stereocenters. The number of hydrogen-bond acceptors (Lipinski definition) is 4. The number of rotatable bonds is 14. The summed E-state index contributed by atoms with van der Waals surface area (Å²) in [6, 6.07) is 0.388. The van der Waals surface area contributed by atoms with Crippen LogP contribution in [-0.2, 0) is 0 Å². The van der Waals surface area contributed by atoms with E-state index in [0.717, 1.165) is 13.1 Å². The van der Waals surface area contributed by atoms with Crippen LogP contribution in [0.3, 0.4) is 0 Å². The van der Waals surface area contributed by atoms with Crippen molar-refractivity contribution in [3.05, 3.63) is 0 Å². The predicted molar refractivity (Wildman–Crippen MR) is 90.0 cm³/mol. The molecule has 20 heavy (non-hydrogen) atoms. The van der Waals surface area contributed by atoms with Gasteiger partial charge in [0.05, 0.1) is 6.04 Å². The summed E-state index contributed by atoms with van der Waals surface area (Å²) in [6.07, 6.45) is 9.28. The maximum absolute atomic E-state index is 3.57. The van der Waals surface area contributed by atoms with Crippen molar-refractivity contribution in [3.8, 4) is 0 Å². The first-order valence-electron chi connectivity index (χ1n) is 8.56. The smallest absolute Gasteiger partial charge is 0.139 e. The maximum atomic E-state index is 3.57. The molecule has 0 aliphatic carbocycles. The van der Waals surface area contributed by atoms with Crippen LogP contribution >= 0.6 is 0 Å². The summed E-state index contributed by atoms with van der Waals surface area (Å²) in [4.78, 5) is 0. The van der Waals surface area contributed by atoms with E-state index in [1.54, 1.807) is 0 Å². The molecule has 0 saturated carbocycles. The highest BCUT2D eigenvalue weighted by Gasteiger charge is 2.34. The molecule has 4 heteroatoms. The van der Waals surface area contributed by atoms with Gasteiger partial charge in [0.1, 0.15) is 5.79 Å². The van der Waals surface area contributed by atoms with E-state index in [2.05, 4.69) is 49.1 Å². The molecule has 4 N–H and O–H groups in total. The molecule has 0 rings (SSSR count). The minimum atomic E-state index is -0.207. The average molecular weight is 287 g/mol. The van der Waals surface area contributed by atoms with Gasteiger partial charge in [-0.05, 0) is 33.6 Å². The van der Waals surface area contributed by atoms with Crippen LogP contribution in [0.25, 0.3) is 0 Å². The summed E-state index contributed by atoms with van der Waals surface area (Å²) in [5, 5.41) is 14.1. The molecule has 0 amide bonds. The van der Waals surface area contributed by atoms with Crippen molar-refractivity contribution in [2.24, 2.45) is 0 Å². The second kappa shape index (κ2) is 12.6. The third kappa shape index (κ3) is 7.02. The first-order chi connectivity index (χ1) is 9.70. The Labute approximate surface area is 126 Å². The molecule has 122 valence electrons. The third-order valence-electron chi connectivity index (χ3n) is 4.02. The van der Waals surface area contributed by atoms with Crippen molar-refractivity contribution in [3.63, 3.8) is 0 Å². The van der Waals surface area contributed by atoms with Crippen molar-refractivity contribution < 1.29 is 0 Å². The minimum absolute atomic E-state index is 0.207. The Kier molecular flexibility index (Phi) is 12.5. The fourth-order valence-corrected chi connectivity index (χ4v) is 2.92. The van der Waals surface area contributed by atoms with Crippen LogP contribution in [-0.4, -0.2) is 39.0 Å². The Morgan fingerprint density at radius 3 is 1.80 bits per heavy atom. The summed E-state index contributed by atoms with van der Waals surface area (Å²) in [5.74, 6) is -0.207. The van der Waals surface area contributed by atoms with Gasteiger partial charge in [-0.25, -0.2) is 0 Å². The number of hydrogen-bond donors (Lipinski definition) is 4. The molecular formula is C16H38N4. The zero-order chi connectivity index (χ0) is 15.3. The average Bonchev–Trinajstić information content (AvgIpc) is 2.46. The van der Waals surface area contributed by atoms with Crippen molar-refractivity contribution in [2.45, 2.75) is 77.5 Å². The molecule has 0 fully saturated rings. The highest BCUT2D eigenvalue weighted by Crippen LogP contribution is 2.13. The van der Waals surface area contributed by atoms with E-state index in [1.807, 2.05) is 7.05 Å². The van der Waals surface area contributed by atoms with Crippen molar-refractivity contribution >= 4 is 0 Å². The molecular weight excluding hydrogens is 248 g/mol. The largest absolute Gasteiger partial charge is 0.313 e. The Morgan fingerprint density at radius 2 is 1.35 bits per heavy atom. The van der Waals surface area contributed by atoms with Crippen molar-refractivity contribution in [1.82, 2.24) is 21.3 Å². The quantitative estimate of drug-likeness (QED) is 0.293. The summed E-state index contributed by atoms with van der Waals surface area (Å²) in [6.45, 7) is 8.47. The van der Waals surface area contributed by atoms with Gasteiger partial charge in [0.2, 0.25) is 0 Å². The number of nitrogens with one attached hydrogen (secondary N) is 4. The molecule has 0 aromatic heterocycles. The maximum Gasteiger partial charge on any atom is 0.139 e. The third-order valence-corrected chi connectivity index (χ3v) is 4.02. The van der Waals surface area contributed by atoms with Gasteiger partial charge in [0.15, 0.2) is 0 Å². The molecule has 0 aliphatic heterocycles. The lowest BCUT2D eigenvalue weighted by Crippen LogP contribution is -2.74. The van der Waals surface area contributed by atoms with Gasteiger partial charge < -0.3 is 5.32 Å². The van der Waals surface area contributed by atoms with Crippen LogP contribution in [0, 0.1) is 0 Å². The van der Waals surface area contributed by atoms with Gasteiger partial charge >= 0.3 is 0 Å². The topological polar surface area (TPSA) is 48.1 Å². The molecule has 0 aliphatic rings. The van der Waals surface area contributed by atoms with Crippen molar-refractivity contribution in [2.75, 3.05) is 27.2 Å². The molecule has 0 radical (unpaired) electrons. The SMILES string of the molecule is CCCCCCCCC(NC)C(NC)(NCC)NCC. The lowest BCUT2D eigenvalue weighted by Gasteiger charge is -2.42. The monoisotopic (exact) mass is 286 g/mol. The standard InChI is InChI=1S/C16H38N4/c1-6-9-10-11-12-13-14-15(17-4)16(18-5,19-7-2)20-8-3/h15,17-20H,6-14H2,1-5H3. The van der Waals surface area contributed by atoms with Gasteiger partial charge in [-0.15, -0.1) is 0 Å². The lowest BCUT2D eigenvalue weighted by molar-refractivity contribution is 0.147. The van der Waals surface area contributed by atoms with Gasteiger partial charge in [-0.3, -0.25) is 16.0 Å². The minimum Gasteiger partial charge on any atom is -0.313 e. The van der Waals surface area contributed by atoms with Crippen LogP contribution in [0.15, 0.2) is 0 Å². The molecule has 0 bridgehead atoms. The first-order valence-corrected chi connectivity index (χ1v) is 8.56. The number of likely N-dealkylation sites (N-methyl/N-ethyl adjacent to an activating group) is 4. The molecule has 0 aromatic rings. The predicted octanol–water partition coefficient (Wildman–Crippen LogP) is 2.42. The van der Waals surface area contributed by atoms with Gasteiger partial charge in [-0.1, -0.05) is 59.3 Å². The molecule has 0 heterocycles. The van der Waals surface area contributed by atoms with Gasteiger partial charge in [-0.2, -0.15) is 0 Å². The Hall–Kier alpha value is -0.160. The van der Waals surface area contributed by atoms with E-state index in [0.29, 0.717) is 6.04 Å². The first kappa shape index (κ1) is 19.8. The number of unbranched alkanes of at least 4 members (excludes halogenated alkanes) is 5. The summed E-state index contributed by atoms with van der Waals surface area (Å²) in [5.41, 5.74) is 0. The Bertz CT molecular complexity index is 203. The Balaban J connectivity index is 4.28. The van der Waals surface area contributed by atoms with E-state index >= 15 is 0 Å². The highest BCUT2D eigenvalue weighted by atomic mass is 15.4. The second-order valence-corrected chi connectivity index (χ2v) is 5.52. The lowest BCUT2D eigenvalue weighted by atomic mass is 10.00. The fraction of sp³-hybridized carbons (Fsp3) is 1.00. The molecule has 4 nitrogen and oxygen atoms in total. The van der Waals surface area contributed by atoms with Crippen LogP contribution in [0.1, 0.15) is 65.7 Å². The van der Waals surface area contributed by atoms with E-state index in [4.69, 9.17) is 0 Å². The van der Waals surface area contributed by atoms with Crippen molar-refractivity contribution in [1.29, 1.82) is 0 Å². The molecule has 1 atom stereocenters. The highest BCUT2D eigenvalue weighted by molar-refractivity contribution is 4.92. The summed E-state index contributed by atoms with van der Waals surface area (Å²) < 4.78 is 0. The van der Waals surface area contributed by atoms with Crippen LogP contribution in [0.5, 0.6) is 0 Å². The van der Waals surface area contributed by atoms with E-state index in [1.165, 1.54) is 44.9 Å². The van der Waals surface area contributed by atoms with Gasteiger partial charge in [0.25, 0.3) is 0 Å². The van der Waals surface area contributed by atoms with Gasteiger partial charge in [0, 0.05) is 0 Å².